The van der Waals surface area contributed by atoms with Crippen LogP contribution >= 0.6 is 0 Å². The van der Waals surface area contributed by atoms with Gasteiger partial charge in [0.2, 0.25) is 0 Å². The van der Waals surface area contributed by atoms with Gasteiger partial charge >= 0.3 is 0 Å². The minimum Gasteiger partial charge on any atom is -0.358 e. The lowest BCUT2D eigenvalue weighted by Gasteiger charge is -2.29. The molecule has 5 aromatic heterocycles. The van der Waals surface area contributed by atoms with Gasteiger partial charge in [0.05, 0.1) is 48.5 Å². The molecule has 3 unspecified atom stereocenters. The van der Waals surface area contributed by atoms with E-state index in [1.165, 1.54) is 191 Å². The topological polar surface area (TPSA) is 124 Å². The van der Waals surface area contributed by atoms with Gasteiger partial charge < -0.3 is 28.1 Å². The highest BCUT2D eigenvalue weighted by atomic mass is 15.3. The van der Waals surface area contributed by atoms with Crippen molar-refractivity contribution < 1.29 is 0 Å². The van der Waals surface area contributed by atoms with Crippen LogP contribution in [-0.4, -0.2) is 126 Å². The summed E-state index contributed by atoms with van der Waals surface area (Å²) in [6, 6.07) is 1.63. The monoisotopic (exact) mass is 1030 g/mol. The van der Waals surface area contributed by atoms with Crippen LogP contribution in [0.4, 0.5) is 0 Å². The second kappa shape index (κ2) is 31.1. The molecule has 74 heavy (non-hydrogen) atoms. The molecule has 0 saturated carbocycles. The number of hydrogen-bond donors (Lipinski definition) is 0. The van der Waals surface area contributed by atoms with E-state index in [0.29, 0.717) is 5.92 Å². The first-order valence-electron chi connectivity index (χ1n) is 25.7. The van der Waals surface area contributed by atoms with Gasteiger partial charge in [-0.15, -0.1) is 0 Å². The lowest BCUT2D eigenvalue weighted by molar-refractivity contribution is 0.280. The Kier molecular flexibility index (Phi) is 28.1. The van der Waals surface area contributed by atoms with Crippen molar-refractivity contribution in [3.63, 3.8) is 0 Å². The Bertz CT molecular complexity index is 2240. The van der Waals surface area contributed by atoms with Gasteiger partial charge in [0.15, 0.2) is 0 Å². The van der Waals surface area contributed by atoms with Crippen molar-refractivity contribution in [2.45, 2.75) is 221 Å². The quantitative estimate of drug-likeness (QED) is 0.150. The third-order valence-electron chi connectivity index (χ3n) is 15.3. The molecule has 9 aliphatic rings. The van der Waals surface area contributed by atoms with E-state index in [1.807, 2.05) is 43.0 Å². The van der Waals surface area contributed by atoms with E-state index in [0.717, 1.165) is 38.3 Å². The van der Waals surface area contributed by atoms with Crippen molar-refractivity contribution in [1.82, 2.24) is 62.7 Å². The number of aryl methyl sites for hydroxylation is 9. The molecule has 0 N–H and O–H groups in total. The number of fused-ring (bicyclic) bond motifs is 7. The van der Waals surface area contributed by atoms with Gasteiger partial charge in [-0.25, -0.2) is 19.9 Å². The largest absolute Gasteiger partial charge is 0.358 e. The van der Waals surface area contributed by atoms with Gasteiger partial charge in [-0.2, -0.15) is 5.10 Å². The highest BCUT2D eigenvalue weighted by Crippen LogP contribution is 2.26. The lowest BCUT2D eigenvalue weighted by atomic mass is 10.0. The van der Waals surface area contributed by atoms with Crippen LogP contribution < -0.4 is 0 Å². The van der Waals surface area contributed by atoms with Gasteiger partial charge in [0.25, 0.3) is 0 Å². The smallest absolute Gasteiger partial charge is 0.108 e. The molecule has 15 nitrogen and oxygen atoms in total. The Morgan fingerprint density at radius 2 is 1.18 bits per heavy atom. The molecule has 0 amide bonds. The molecule has 7 aliphatic heterocycles. The van der Waals surface area contributed by atoms with Crippen molar-refractivity contribution >= 4 is 11.7 Å². The van der Waals surface area contributed by atoms with Gasteiger partial charge in [0, 0.05) is 132 Å². The van der Waals surface area contributed by atoms with Crippen molar-refractivity contribution in [3.8, 4) is 0 Å². The van der Waals surface area contributed by atoms with Crippen LogP contribution in [0.3, 0.4) is 0 Å². The Morgan fingerprint density at radius 1 is 0.541 bits per heavy atom. The zero-order valence-electron chi connectivity index (χ0n) is 42.6. The second-order valence-electron chi connectivity index (χ2n) is 20.2. The Balaban J connectivity index is 0.000000426. The molecule has 14 rings (SSSR count). The number of aliphatic imine (C=N–C) groups is 2. The molecule has 2 aliphatic carbocycles. The minimum absolute atomic E-state index is 0. The Hall–Kier alpha value is -5.05. The summed E-state index contributed by atoms with van der Waals surface area (Å²) >= 11 is 0. The predicted molar refractivity (Wildman–Crippen MR) is 316 cm³/mol. The van der Waals surface area contributed by atoms with Gasteiger partial charge in [-0.1, -0.05) is 58.9 Å². The maximum Gasteiger partial charge on any atom is 0.108 e. The fraction of sp³-hybridized carbons (Fsp3) is 0.712. The maximum atomic E-state index is 4.42. The molecular weight excluding hydrogens is 919 g/mol. The van der Waals surface area contributed by atoms with E-state index in [1.54, 1.807) is 0 Å². The third-order valence-corrected chi connectivity index (χ3v) is 15.3. The molecule has 0 radical (unpaired) electrons. The van der Waals surface area contributed by atoms with Gasteiger partial charge in [-0.05, 0) is 130 Å². The van der Waals surface area contributed by atoms with E-state index >= 15 is 0 Å². The molecule has 15 heteroatoms. The van der Waals surface area contributed by atoms with E-state index in [4.69, 9.17) is 0 Å². The van der Waals surface area contributed by atoms with Crippen LogP contribution in [0.25, 0.3) is 0 Å². The number of rotatable bonds is 0. The normalized spacial score (nSPS) is 20.0. The number of imidazole rings is 4. The summed E-state index contributed by atoms with van der Waals surface area (Å²) < 4.78 is 10.8. The van der Waals surface area contributed by atoms with Crippen LogP contribution in [0, 0.1) is 13.8 Å². The molecule has 0 spiro atoms. The maximum absolute atomic E-state index is 4.42. The first-order valence-corrected chi connectivity index (χ1v) is 25.7. The molecule has 2 saturated heterocycles. The van der Waals surface area contributed by atoms with Crippen LogP contribution in [0.5, 0.6) is 0 Å². The van der Waals surface area contributed by atoms with Gasteiger partial charge in [0.1, 0.15) is 11.6 Å². The number of hydrogen-bond acceptors (Lipinski definition) is 10. The zero-order chi connectivity index (χ0) is 47.0. The predicted octanol–water partition coefficient (Wildman–Crippen LogP) is 11.7. The average Bonchev–Trinajstić information content (AvgIpc) is 4.14. The van der Waals surface area contributed by atoms with Crippen molar-refractivity contribution in [2.75, 3.05) is 39.8 Å². The van der Waals surface area contributed by atoms with Gasteiger partial charge in [-0.3, -0.25) is 19.6 Å². The lowest BCUT2D eigenvalue weighted by Crippen LogP contribution is -2.37. The molecule has 5 aromatic rings. The summed E-state index contributed by atoms with van der Waals surface area (Å²) in [6.07, 6.45) is 29.0. The Morgan fingerprint density at radius 3 is 1.85 bits per heavy atom. The summed E-state index contributed by atoms with van der Waals surface area (Å²) in [4.78, 5) is 33.1. The van der Waals surface area contributed by atoms with Crippen LogP contribution in [0.2, 0.25) is 0 Å². The molecule has 3 atom stereocenters. The standard InChI is InChI=1S/C9H15N3.C8H14N2.2C7H10N2.C7H12N2.2C7H10N2.7CH4/c1-7-4-11(2)5-8-9(7)12(3)6-10-8;1-7-9-5-4-8-3-2-6-10(7)8;1-9-5-8-6-3-2-4-7(6)9;1-9-7-4-2-3-6(7)5-8-9;2*1-6-8-5-7-3-2-4-9(6)7;1-6-5-8-7-3-2-4-9(6)7;;;;;;;/h6-7H,4-5H2,1-3H3;8H,2-6H2,1H3;2*5H,2-4H2,1H3;7H,2-5H2,1H3;2*5H,2-4H2,1H3;7*1H4. The summed E-state index contributed by atoms with van der Waals surface area (Å²) in [5.41, 5.74) is 11.0. The molecule has 12 heterocycles. The summed E-state index contributed by atoms with van der Waals surface area (Å²) in [6.45, 7) is 19.8. The van der Waals surface area contributed by atoms with E-state index in [9.17, 15) is 0 Å². The number of likely N-dealkylation sites (N-methyl/N-ethyl adjacent to an activating group) is 1. The van der Waals surface area contributed by atoms with E-state index in [2.05, 4.69) is 124 Å². The van der Waals surface area contributed by atoms with E-state index in [-0.39, 0.29) is 52.0 Å². The zero-order valence-corrected chi connectivity index (χ0v) is 42.6. The fourth-order valence-electron chi connectivity index (χ4n) is 11.7. The first kappa shape index (κ1) is 67.0. The molecule has 0 aromatic carbocycles. The van der Waals surface area contributed by atoms with Crippen LogP contribution in [0.1, 0.15) is 194 Å². The third kappa shape index (κ3) is 16.0. The van der Waals surface area contributed by atoms with Crippen molar-refractivity contribution in [1.29, 1.82) is 0 Å². The van der Waals surface area contributed by atoms with Crippen LogP contribution in [0.15, 0.2) is 41.2 Å². The highest BCUT2D eigenvalue weighted by Gasteiger charge is 2.29. The number of aromatic nitrogens is 10. The number of nitrogens with zero attached hydrogens (tertiary/aromatic N) is 15. The molecule has 420 valence electrons. The van der Waals surface area contributed by atoms with Crippen LogP contribution in [-0.2, 0) is 79.3 Å². The molecular formula is C59H109N15. The first-order chi connectivity index (χ1) is 32.4. The summed E-state index contributed by atoms with van der Waals surface area (Å²) in [5.74, 6) is 5.59. The molecule has 0 bridgehead atoms. The highest BCUT2D eigenvalue weighted by molar-refractivity contribution is 5.82. The fourth-order valence-corrected chi connectivity index (χ4v) is 11.7. The van der Waals surface area contributed by atoms with E-state index < -0.39 is 0 Å². The Labute approximate surface area is 452 Å². The summed E-state index contributed by atoms with van der Waals surface area (Å²) in [5, 5.41) is 4.15. The average molecular weight is 1030 g/mol. The minimum atomic E-state index is 0. The second-order valence-corrected chi connectivity index (χ2v) is 20.2. The van der Waals surface area contributed by atoms with Crippen molar-refractivity contribution in [2.24, 2.45) is 31.1 Å². The summed E-state index contributed by atoms with van der Waals surface area (Å²) in [7, 11) is 8.31. The van der Waals surface area contributed by atoms with Crippen molar-refractivity contribution in [3.05, 3.63) is 88.3 Å². The molecule has 2 fully saturated rings. The SMILES string of the molecule is C.C.C.C.C.C.C.CC1=NCC2CCCN12.CC1=NCCC2CCCN12.CC1CN(C)Cc2ncn(C)c21.Cc1cnc2n1CCC2.Cc1ncc2n1CCC2.Cn1cnc2c1CCC2.Cn1ncc2c1CCC2. The number of amidine groups is 2.